The van der Waals surface area contributed by atoms with Gasteiger partial charge in [0, 0.05) is 18.1 Å². The molecule has 3 rings (SSSR count). The van der Waals surface area contributed by atoms with Crippen molar-refractivity contribution >= 4 is 22.4 Å². The smallest absolute Gasteiger partial charge is 0.406 e. The fraction of sp³-hybridized carbons (Fsp3) is 0.158. The summed E-state index contributed by atoms with van der Waals surface area (Å²) >= 11 is 0. The molecule has 7 heteroatoms. The van der Waals surface area contributed by atoms with E-state index in [9.17, 15) is 18.0 Å². The molecule has 2 aromatic carbocycles. The van der Waals surface area contributed by atoms with Gasteiger partial charge in [0.15, 0.2) is 5.78 Å². The van der Waals surface area contributed by atoms with Crippen LogP contribution in [0.1, 0.15) is 22.8 Å². The number of hydrogen-bond acceptors (Lipinski definition) is 4. The predicted molar refractivity (Wildman–Crippen MR) is 92.2 cm³/mol. The van der Waals surface area contributed by atoms with E-state index in [2.05, 4.69) is 15.0 Å². The molecule has 0 amide bonds. The van der Waals surface area contributed by atoms with Crippen LogP contribution in [0.4, 0.5) is 19.0 Å². The molecule has 0 atom stereocenters. The Morgan fingerprint density at radius 3 is 2.46 bits per heavy atom. The molecule has 0 aliphatic carbocycles. The number of hydrogen-bond donors (Lipinski definition) is 1. The number of fused-ring (bicyclic) bond motifs is 1. The molecule has 0 unspecified atom stereocenters. The van der Waals surface area contributed by atoms with E-state index in [1.165, 1.54) is 31.2 Å². The second-order valence-electron chi connectivity index (χ2n) is 5.67. The van der Waals surface area contributed by atoms with Crippen molar-refractivity contribution in [1.82, 2.24) is 4.98 Å². The molecule has 0 bridgehead atoms. The number of alkyl halides is 3. The van der Waals surface area contributed by atoms with Crippen molar-refractivity contribution in [2.45, 2.75) is 19.8 Å². The first-order chi connectivity index (χ1) is 12.3. The van der Waals surface area contributed by atoms with Crippen molar-refractivity contribution in [3.05, 3.63) is 65.9 Å². The van der Waals surface area contributed by atoms with Crippen LogP contribution in [0, 0.1) is 0 Å². The van der Waals surface area contributed by atoms with Crippen LogP contribution in [-0.2, 0) is 6.54 Å². The first kappa shape index (κ1) is 17.7. The van der Waals surface area contributed by atoms with E-state index in [0.717, 1.165) is 16.3 Å². The van der Waals surface area contributed by atoms with Crippen molar-refractivity contribution in [2.24, 2.45) is 0 Å². The van der Waals surface area contributed by atoms with E-state index in [4.69, 9.17) is 0 Å². The maximum absolute atomic E-state index is 12.2. The fourth-order valence-corrected chi connectivity index (χ4v) is 2.65. The van der Waals surface area contributed by atoms with Crippen molar-refractivity contribution in [3.8, 4) is 5.75 Å². The molecule has 26 heavy (non-hydrogen) atoms. The monoisotopic (exact) mass is 360 g/mol. The van der Waals surface area contributed by atoms with Gasteiger partial charge in [-0.2, -0.15) is 0 Å². The quantitative estimate of drug-likeness (QED) is 0.654. The second-order valence-corrected chi connectivity index (χ2v) is 5.67. The molecule has 0 aliphatic rings. The van der Waals surface area contributed by atoms with E-state index < -0.39 is 6.36 Å². The zero-order chi connectivity index (χ0) is 18.7. The van der Waals surface area contributed by atoms with Crippen LogP contribution in [0.15, 0.2) is 54.7 Å². The Morgan fingerprint density at radius 2 is 1.81 bits per heavy atom. The van der Waals surface area contributed by atoms with Gasteiger partial charge in [-0.05, 0) is 30.0 Å². The lowest BCUT2D eigenvalue weighted by molar-refractivity contribution is -0.274. The number of anilines is 1. The molecule has 0 aliphatic heterocycles. The number of rotatable bonds is 5. The largest absolute Gasteiger partial charge is 0.573 e. The van der Waals surface area contributed by atoms with Gasteiger partial charge < -0.3 is 10.1 Å². The van der Waals surface area contributed by atoms with E-state index in [0.29, 0.717) is 17.9 Å². The van der Waals surface area contributed by atoms with E-state index in [1.807, 2.05) is 24.3 Å². The molecule has 1 aromatic heterocycles. The maximum atomic E-state index is 12.2. The zero-order valence-corrected chi connectivity index (χ0v) is 13.8. The average molecular weight is 360 g/mol. The number of nitrogens with one attached hydrogen (secondary N) is 1. The van der Waals surface area contributed by atoms with Crippen molar-refractivity contribution in [3.63, 3.8) is 0 Å². The molecule has 134 valence electrons. The average Bonchev–Trinajstić information content (AvgIpc) is 2.59. The summed E-state index contributed by atoms with van der Waals surface area (Å²) in [5.41, 5.74) is 1.21. The number of pyridine rings is 1. The van der Waals surface area contributed by atoms with Crippen LogP contribution < -0.4 is 10.1 Å². The van der Waals surface area contributed by atoms with Gasteiger partial charge in [0.1, 0.15) is 11.6 Å². The van der Waals surface area contributed by atoms with Crippen LogP contribution in [0.2, 0.25) is 0 Å². The minimum atomic E-state index is -4.72. The highest BCUT2D eigenvalue weighted by Gasteiger charge is 2.30. The molecule has 0 fully saturated rings. The number of carbonyl (C=O) groups excluding carboxylic acids is 1. The van der Waals surface area contributed by atoms with Crippen molar-refractivity contribution in [1.29, 1.82) is 0 Å². The van der Waals surface area contributed by atoms with Gasteiger partial charge in [0.05, 0.1) is 5.56 Å². The summed E-state index contributed by atoms with van der Waals surface area (Å²) in [5, 5.41) is 4.73. The molecule has 4 nitrogen and oxygen atoms in total. The van der Waals surface area contributed by atoms with Gasteiger partial charge in [-0.3, -0.25) is 4.79 Å². The Bertz CT molecular complexity index is 938. The summed E-state index contributed by atoms with van der Waals surface area (Å²) in [6.07, 6.45) is -3.05. The Labute approximate surface area is 147 Å². The zero-order valence-electron chi connectivity index (χ0n) is 13.8. The van der Waals surface area contributed by atoms with Crippen molar-refractivity contribution in [2.75, 3.05) is 5.32 Å². The summed E-state index contributed by atoms with van der Waals surface area (Å²) < 4.78 is 40.4. The first-order valence-electron chi connectivity index (χ1n) is 7.81. The third-order valence-corrected chi connectivity index (χ3v) is 3.77. The van der Waals surface area contributed by atoms with Crippen LogP contribution in [0.25, 0.3) is 10.8 Å². The number of ether oxygens (including phenoxy) is 1. The van der Waals surface area contributed by atoms with Crippen molar-refractivity contribution < 1.29 is 22.7 Å². The van der Waals surface area contributed by atoms with Gasteiger partial charge >= 0.3 is 6.36 Å². The Hall–Kier alpha value is -3.09. The molecular formula is C19H15F3N2O2. The molecule has 1 N–H and O–H groups in total. The van der Waals surface area contributed by atoms with Gasteiger partial charge in [-0.1, -0.05) is 36.4 Å². The van der Waals surface area contributed by atoms with E-state index in [1.54, 1.807) is 6.20 Å². The van der Waals surface area contributed by atoms with E-state index >= 15 is 0 Å². The molecule has 0 saturated heterocycles. The molecule has 0 radical (unpaired) electrons. The Morgan fingerprint density at radius 1 is 1.12 bits per heavy atom. The van der Waals surface area contributed by atoms with Gasteiger partial charge in [-0.25, -0.2) is 4.98 Å². The van der Waals surface area contributed by atoms with Gasteiger partial charge in [-0.15, -0.1) is 13.2 Å². The summed E-state index contributed by atoms with van der Waals surface area (Å²) in [5.74, 6) is 0.0343. The topological polar surface area (TPSA) is 51.2 Å². The van der Waals surface area contributed by atoms with E-state index in [-0.39, 0.29) is 11.5 Å². The number of Topliss-reactive ketones (excluding diaryl/α,β-unsaturated/α-hetero) is 1. The lowest BCUT2D eigenvalue weighted by atomic mass is 10.0. The first-order valence-corrected chi connectivity index (χ1v) is 7.81. The Kier molecular flexibility index (Phi) is 4.79. The third-order valence-electron chi connectivity index (χ3n) is 3.77. The van der Waals surface area contributed by atoms with Crippen LogP contribution in [0.3, 0.4) is 0 Å². The predicted octanol–water partition coefficient (Wildman–Crippen LogP) is 4.95. The number of aromatic nitrogens is 1. The number of nitrogens with zero attached hydrogens (tertiary/aromatic N) is 1. The van der Waals surface area contributed by atoms with Crippen LogP contribution in [-0.4, -0.2) is 17.1 Å². The molecular weight excluding hydrogens is 345 g/mol. The standard InChI is InChI=1S/C19H15F3N2O2/c1-12(25)17-16-5-3-2-4-14(16)11-24-18(17)23-10-13-6-8-15(9-7-13)26-19(20,21)22/h2-9,11H,10H2,1H3,(H,23,24). The lowest BCUT2D eigenvalue weighted by Gasteiger charge is -2.13. The maximum Gasteiger partial charge on any atom is 0.573 e. The second kappa shape index (κ2) is 7.03. The highest BCUT2D eigenvalue weighted by Crippen LogP contribution is 2.26. The highest BCUT2D eigenvalue weighted by molar-refractivity contribution is 6.10. The van der Waals surface area contributed by atoms with Gasteiger partial charge in [0.25, 0.3) is 0 Å². The van der Waals surface area contributed by atoms with Crippen LogP contribution >= 0.6 is 0 Å². The summed E-state index contributed by atoms with van der Waals surface area (Å²) in [6.45, 7) is 1.77. The molecule has 0 spiro atoms. The minimum Gasteiger partial charge on any atom is -0.406 e. The number of ketones is 1. The summed E-state index contributed by atoms with van der Waals surface area (Å²) in [7, 11) is 0. The molecule has 1 heterocycles. The fourth-order valence-electron chi connectivity index (χ4n) is 2.65. The lowest BCUT2D eigenvalue weighted by Crippen LogP contribution is -2.17. The molecule has 3 aromatic rings. The number of halogens is 3. The van der Waals surface area contributed by atoms with Gasteiger partial charge in [0.2, 0.25) is 0 Å². The highest BCUT2D eigenvalue weighted by atomic mass is 19.4. The SMILES string of the molecule is CC(=O)c1c(NCc2ccc(OC(F)(F)F)cc2)ncc2ccccc12. The Balaban J connectivity index is 1.79. The summed E-state index contributed by atoms with van der Waals surface area (Å²) in [4.78, 5) is 16.4. The third kappa shape index (κ3) is 4.11. The normalized spacial score (nSPS) is 11.4. The number of benzene rings is 2. The molecule has 0 saturated carbocycles. The van der Waals surface area contributed by atoms with Crippen LogP contribution in [0.5, 0.6) is 5.75 Å². The number of carbonyl (C=O) groups is 1. The minimum absolute atomic E-state index is 0.120. The summed E-state index contributed by atoms with van der Waals surface area (Å²) in [6, 6.07) is 12.9.